The number of likely N-dealkylation sites (tertiary alicyclic amines) is 1. The number of ether oxygens (including phenoxy) is 2. The van der Waals surface area contributed by atoms with E-state index in [1.807, 2.05) is 52.0 Å². The van der Waals surface area contributed by atoms with Gasteiger partial charge in [0.15, 0.2) is 0 Å². The van der Waals surface area contributed by atoms with Crippen LogP contribution in [0.15, 0.2) is 48.5 Å². The van der Waals surface area contributed by atoms with Gasteiger partial charge in [0.25, 0.3) is 0 Å². The lowest BCUT2D eigenvalue weighted by Crippen LogP contribution is -2.52. The van der Waals surface area contributed by atoms with Crippen molar-refractivity contribution in [2.75, 3.05) is 19.7 Å². The van der Waals surface area contributed by atoms with Crippen molar-refractivity contribution in [3.05, 3.63) is 59.7 Å². The molecule has 5 rings (SSSR count). The Bertz CT molecular complexity index is 1220. The molecule has 2 fully saturated rings. The van der Waals surface area contributed by atoms with Crippen LogP contribution in [-0.4, -0.2) is 70.4 Å². The summed E-state index contributed by atoms with van der Waals surface area (Å²) in [6, 6.07) is 15.7. The molecule has 1 saturated carbocycles. The van der Waals surface area contributed by atoms with Crippen LogP contribution in [0, 0.1) is 5.41 Å². The first kappa shape index (κ1) is 27.0. The van der Waals surface area contributed by atoms with E-state index in [4.69, 9.17) is 9.47 Å². The second kappa shape index (κ2) is 10.2. The Morgan fingerprint density at radius 3 is 2.13 bits per heavy atom. The van der Waals surface area contributed by atoms with Crippen LogP contribution in [0.3, 0.4) is 0 Å². The first-order chi connectivity index (χ1) is 18.5. The summed E-state index contributed by atoms with van der Waals surface area (Å²) in [5.41, 5.74) is 2.92. The van der Waals surface area contributed by atoms with Crippen LogP contribution >= 0.6 is 0 Å². The zero-order valence-corrected chi connectivity index (χ0v) is 23.2. The third-order valence-electron chi connectivity index (χ3n) is 8.31. The van der Waals surface area contributed by atoms with Crippen molar-refractivity contribution in [2.24, 2.45) is 5.41 Å². The molecule has 1 N–H and O–H groups in total. The standard InChI is InChI=1S/C31H38N2O6/c1-5-25-26(14-17-32(25)29(37)39-30(2,3)4)33(19-31(15-16-31)27(34)35)28(36)38-18-24-22-12-8-6-10-20(22)21-11-7-9-13-23(21)24/h6-13,24-26H,5,14-19H2,1-4H3,(H,34,35)/t25-,26-/m0/s1. The van der Waals surface area contributed by atoms with E-state index in [1.165, 1.54) is 0 Å². The molecule has 1 aliphatic heterocycles. The summed E-state index contributed by atoms with van der Waals surface area (Å²) in [5.74, 6) is -0.990. The van der Waals surface area contributed by atoms with Crippen molar-refractivity contribution in [3.63, 3.8) is 0 Å². The van der Waals surface area contributed by atoms with Crippen LogP contribution in [0.1, 0.15) is 70.4 Å². The molecule has 3 aliphatic rings. The predicted molar refractivity (Wildman–Crippen MR) is 147 cm³/mol. The lowest BCUT2D eigenvalue weighted by atomic mass is 9.98. The molecule has 2 aromatic carbocycles. The van der Waals surface area contributed by atoms with Crippen LogP contribution in [0.5, 0.6) is 0 Å². The second-order valence-electron chi connectivity index (χ2n) is 12.0. The molecule has 39 heavy (non-hydrogen) atoms. The van der Waals surface area contributed by atoms with Gasteiger partial charge in [-0.25, -0.2) is 9.59 Å². The number of benzene rings is 2. The summed E-state index contributed by atoms with van der Waals surface area (Å²) in [5, 5.41) is 9.93. The number of hydrogen-bond acceptors (Lipinski definition) is 5. The maximum Gasteiger partial charge on any atom is 0.410 e. The van der Waals surface area contributed by atoms with E-state index < -0.39 is 29.2 Å². The quantitative estimate of drug-likeness (QED) is 0.476. The SMILES string of the molecule is CC[C@H]1[C@@H](N(CC2(C(=O)O)CC2)C(=O)OCC2c3ccccc3-c3ccccc32)CCN1C(=O)OC(C)(C)C. The van der Waals surface area contributed by atoms with E-state index in [0.717, 1.165) is 22.3 Å². The van der Waals surface area contributed by atoms with Gasteiger partial charge in [0, 0.05) is 19.0 Å². The van der Waals surface area contributed by atoms with Gasteiger partial charge in [-0.1, -0.05) is 55.5 Å². The first-order valence-corrected chi connectivity index (χ1v) is 13.9. The number of fused-ring (bicyclic) bond motifs is 3. The van der Waals surface area contributed by atoms with E-state index in [0.29, 0.717) is 32.2 Å². The molecule has 8 heteroatoms. The van der Waals surface area contributed by atoms with Crippen LogP contribution in [0.2, 0.25) is 0 Å². The average molecular weight is 535 g/mol. The molecule has 0 radical (unpaired) electrons. The Morgan fingerprint density at radius 1 is 1.03 bits per heavy atom. The average Bonchev–Trinajstić information content (AvgIpc) is 3.45. The van der Waals surface area contributed by atoms with Crippen molar-refractivity contribution >= 4 is 18.2 Å². The summed E-state index contributed by atoms with van der Waals surface area (Å²) in [4.78, 5) is 42.1. The minimum atomic E-state index is -0.955. The van der Waals surface area contributed by atoms with Crippen LogP contribution in [0.4, 0.5) is 9.59 Å². The van der Waals surface area contributed by atoms with E-state index in [9.17, 15) is 19.5 Å². The fourth-order valence-corrected chi connectivity index (χ4v) is 6.15. The largest absolute Gasteiger partial charge is 0.481 e. The number of aliphatic carboxylic acids is 1. The van der Waals surface area contributed by atoms with Gasteiger partial charge in [-0.3, -0.25) is 4.79 Å². The third-order valence-corrected chi connectivity index (χ3v) is 8.31. The number of carbonyl (C=O) groups excluding carboxylic acids is 2. The molecular formula is C31H38N2O6. The lowest BCUT2D eigenvalue weighted by Gasteiger charge is -2.36. The van der Waals surface area contributed by atoms with Gasteiger partial charge in [0.1, 0.15) is 12.2 Å². The predicted octanol–water partition coefficient (Wildman–Crippen LogP) is 5.89. The highest BCUT2D eigenvalue weighted by Crippen LogP contribution is 2.48. The van der Waals surface area contributed by atoms with E-state index in [2.05, 4.69) is 24.3 Å². The van der Waals surface area contributed by atoms with Gasteiger partial charge < -0.3 is 24.4 Å². The molecule has 2 amide bonds. The van der Waals surface area contributed by atoms with Crippen molar-refractivity contribution in [1.29, 1.82) is 0 Å². The van der Waals surface area contributed by atoms with Crippen molar-refractivity contribution < 1.29 is 29.0 Å². The molecule has 0 bridgehead atoms. The zero-order chi connectivity index (χ0) is 27.9. The number of hydrogen-bond donors (Lipinski definition) is 1. The lowest BCUT2D eigenvalue weighted by molar-refractivity contribution is -0.144. The number of amides is 2. The van der Waals surface area contributed by atoms with Crippen molar-refractivity contribution in [3.8, 4) is 11.1 Å². The molecule has 2 atom stereocenters. The fourth-order valence-electron chi connectivity index (χ4n) is 6.15. The van der Waals surface area contributed by atoms with Crippen LogP contribution < -0.4 is 0 Å². The number of carboxylic acid groups (broad SMARTS) is 1. The molecule has 0 unspecified atom stereocenters. The number of nitrogens with zero attached hydrogens (tertiary/aromatic N) is 2. The van der Waals surface area contributed by atoms with Crippen LogP contribution in [-0.2, 0) is 14.3 Å². The molecule has 1 saturated heterocycles. The molecule has 2 aromatic rings. The van der Waals surface area contributed by atoms with Crippen molar-refractivity contribution in [1.82, 2.24) is 9.80 Å². The number of rotatable bonds is 7. The van der Waals surface area contributed by atoms with Gasteiger partial charge in [-0.2, -0.15) is 0 Å². The highest BCUT2D eigenvalue weighted by Gasteiger charge is 2.54. The molecule has 1 heterocycles. The van der Waals surface area contributed by atoms with Gasteiger partial charge in [-0.15, -0.1) is 0 Å². The minimum absolute atomic E-state index is 0.0718. The summed E-state index contributed by atoms with van der Waals surface area (Å²) in [6.45, 7) is 8.11. The molecule has 0 spiro atoms. The summed E-state index contributed by atoms with van der Waals surface area (Å²) >= 11 is 0. The number of carboxylic acids is 1. The second-order valence-corrected chi connectivity index (χ2v) is 12.0. The topological polar surface area (TPSA) is 96.4 Å². The van der Waals surface area contributed by atoms with Crippen molar-refractivity contribution in [2.45, 2.75) is 77.0 Å². The monoisotopic (exact) mass is 534 g/mol. The first-order valence-electron chi connectivity index (χ1n) is 13.9. The van der Waals surface area contributed by atoms with Crippen LogP contribution in [0.25, 0.3) is 11.1 Å². The van der Waals surface area contributed by atoms with E-state index >= 15 is 0 Å². The molecule has 208 valence electrons. The van der Waals surface area contributed by atoms with Gasteiger partial charge in [0.2, 0.25) is 0 Å². The smallest absolute Gasteiger partial charge is 0.410 e. The molecule has 8 nitrogen and oxygen atoms in total. The summed E-state index contributed by atoms with van der Waals surface area (Å²) < 4.78 is 11.6. The van der Waals surface area contributed by atoms with Gasteiger partial charge >= 0.3 is 18.2 Å². The summed E-state index contributed by atoms with van der Waals surface area (Å²) in [6.07, 6.45) is 1.25. The van der Waals surface area contributed by atoms with E-state index in [-0.39, 0.29) is 31.2 Å². The third kappa shape index (κ3) is 5.21. The fraction of sp³-hybridized carbons (Fsp3) is 0.516. The van der Waals surface area contributed by atoms with Gasteiger partial charge in [-0.05, 0) is 68.7 Å². The van der Waals surface area contributed by atoms with Gasteiger partial charge in [0.05, 0.1) is 17.5 Å². The Kier molecular flexibility index (Phi) is 7.08. The Hall–Kier alpha value is -3.55. The molecular weight excluding hydrogens is 496 g/mol. The highest BCUT2D eigenvalue weighted by molar-refractivity contribution is 5.80. The maximum atomic E-state index is 13.8. The molecule has 0 aromatic heterocycles. The minimum Gasteiger partial charge on any atom is -0.481 e. The number of carbonyl (C=O) groups is 3. The normalized spacial score (nSPS) is 21.2. The summed E-state index contributed by atoms with van der Waals surface area (Å²) in [7, 11) is 0. The zero-order valence-electron chi connectivity index (χ0n) is 23.2. The maximum absolute atomic E-state index is 13.8. The Labute approximate surface area is 229 Å². The highest BCUT2D eigenvalue weighted by atomic mass is 16.6. The van der Waals surface area contributed by atoms with E-state index in [1.54, 1.807) is 9.80 Å². The molecule has 2 aliphatic carbocycles. The Morgan fingerprint density at radius 2 is 1.62 bits per heavy atom. The Balaban J connectivity index is 1.37.